The maximum Gasteiger partial charge on any atom is 0.0439 e. The van der Waals surface area contributed by atoms with Gasteiger partial charge in [0.15, 0.2) is 0 Å². The molecule has 2 nitrogen and oxygen atoms in total. The van der Waals surface area contributed by atoms with E-state index in [0.29, 0.717) is 0 Å². The fourth-order valence-electron chi connectivity index (χ4n) is 0.558. The lowest BCUT2D eigenvalue weighted by Gasteiger charge is -1.96. The second-order valence-electron chi connectivity index (χ2n) is 1.73. The molecule has 0 atom stereocenters. The molecule has 0 unspecified atom stereocenters. The molecule has 0 radical (unpaired) electrons. The molecule has 9 heavy (non-hydrogen) atoms. The van der Waals surface area contributed by atoms with Crippen LogP contribution in [0.4, 0.5) is 11.4 Å². The van der Waals surface area contributed by atoms with E-state index in [0.717, 1.165) is 11.4 Å². The standard InChI is InChI=1S/C6H8N2S/c7-5-1-3-6(8-9)4-2-5/h1-4,8-9H,7H2. The van der Waals surface area contributed by atoms with Crippen molar-refractivity contribution in [3.05, 3.63) is 24.3 Å². The van der Waals surface area contributed by atoms with Crippen LogP contribution < -0.4 is 10.5 Å². The Kier molecular flexibility index (Phi) is 1.85. The zero-order valence-electron chi connectivity index (χ0n) is 4.83. The summed E-state index contributed by atoms with van der Waals surface area (Å²) < 4.78 is 2.69. The monoisotopic (exact) mass is 140 g/mol. The number of nitrogens with two attached hydrogens (primary N) is 1. The SMILES string of the molecule is Nc1ccc(NS)cc1. The first-order valence-electron chi connectivity index (χ1n) is 2.58. The zero-order chi connectivity index (χ0) is 6.69. The second-order valence-corrected chi connectivity index (χ2v) is 1.96. The summed E-state index contributed by atoms with van der Waals surface area (Å²) in [6.45, 7) is 0. The summed E-state index contributed by atoms with van der Waals surface area (Å²) in [5, 5.41) is 0. The zero-order valence-corrected chi connectivity index (χ0v) is 5.73. The van der Waals surface area contributed by atoms with Crippen LogP contribution in [0, 0.1) is 0 Å². The molecule has 0 saturated carbocycles. The lowest BCUT2D eigenvalue weighted by Crippen LogP contribution is -1.84. The number of anilines is 2. The first-order valence-corrected chi connectivity index (χ1v) is 3.03. The summed E-state index contributed by atoms with van der Waals surface area (Å²) in [7, 11) is 0. The maximum absolute atomic E-state index is 5.43. The van der Waals surface area contributed by atoms with Gasteiger partial charge in [-0.2, -0.15) is 0 Å². The van der Waals surface area contributed by atoms with Crippen molar-refractivity contribution < 1.29 is 0 Å². The average Bonchev–Trinajstić information content (AvgIpc) is 1.90. The van der Waals surface area contributed by atoms with E-state index in [4.69, 9.17) is 5.73 Å². The van der Waals surface area contributed by atoms with E-state index in [2.05, 4.69) is 17.5 Å². The topological polar surface area (TPSA) is 38.0 Å². The fraction of sp³-hybridized carbons (Fsp3) is 0. The van der Waals surface area contributed by atoms with E-state index in [1.807, 2.05) is 24.3 Å². The van der Waals surface area contributed by atoms with Crippen LogP contribution in [0.1, 0.15) is 0 Å². The Balaban J connectivity index is 2.88. The van der Waals surface area contributed by atoms with E-state index >= 15 is 0 Å². The molecule has 0 aliphatic rings. The average molecular weight is 140 g/mol. The predicted octanol–water partition coefficient (Wildman–Crippen LogP) is 1.53. The van der Waals surface area contributed by atoms with E-state index in [9.17, 15) is 0 Å². The van der Waals surface area contributed by atoms with Crippen molar-refractivity contribution in [3.63, 3.8) is 0 Å². The van der Waals surface area contributed by atoms with Gasteiger partial charge in [0.2, 0.25) is 0 Å². The molecule has 48 valence electrons. The molecule has 3 N–H and O–H groups in total. The van der Waals surface area contributed by atoms with E-state index in [-0.39, 0.29) is 0 Å². The van der Waals surface area contributed by atoms with Gasteiger partial charge in [0.1, 0.15) is 0 Å². The molecular formula is C6H8N2S. The second kappa shape index (κ2) is 2.64. The molecular weight excluding hydrogens is 132 g/mol. The fourth-order valence-corrected chi connectivity index (χ4v) is 0.707. The number of nitrogen functional groups attached to an aromatic ring is 1. The molecule has 1 aromatic rings. The molecule has 0 fully saturated rings. The van der Waals surface area contributed by atoms with Gasteiger partial charge in [-0.05, 0) is 24.3 Å². The molecule has 0 bridgehead atoms. The first kappa shape index (κ1) is 6.29. The molecule has 0 aliphatic carbocycles. The predicted molar refractivity (Wildman–Crippen MR) is 43.5 cm³/mol. The highest BCUT2D eigenvalue weighted by molar-refractivity contribution is 7.81. The third-order valence-electron chi connectivity index (χ3n) is 1.04. The van der Waals surface area contributed by atoms with Crippen molar-refractivity contribution in [2.45, 2.75) is 0 Å². The summed E-state index contributed by atoms with van der Waals surface area (Å²) in [5.74, 6) is 0. The molecule has 0 heterocycles. The van der Waals surface area contributed by atoms with Gasteiger partial charge in [0.05, 0.1) is 0 Å². The quantitative estimate of drug-likeness (QED) is 0.409. The molecule has 1 aromatic carbocycles. The van der Waals surface area contributed by atoms with E-state index in [1.54, 1.807) is 0 Å². The molecule has 0 saturated heterocycles. The Morgan fingerprint density at radius 2 is 1.78 bits per heavy atom. The number of hydrogen-bond donors (Lipinski definition) is 3. The number of hydrogen-bond acceptors (Lipinski definition) is 3. The highest BCUT2D eigenvalue weighted by Crippen LogP contribution is 2.10. The number of nitrogens with one attached hydrogen (secondary N) is 1. The van der Waals surface area contributed by atoms with Crippen molar-refractivity contribution in [1.82, 2.24) is 0 Å². The Bertz CT molecular complexity index is 183. The van der Waals surface area contributed by atoms with Gasteiger partial charge < -0.3 is 10.5 Å². The minimum atomic E-state index is 0.766. The lowest BCUT2D eigenvalue weighted by molar-refractivity contribution is 1.67. The summed E-state index contributed by atoms with van der Waals surface area (Å²) in [4.78, 5) is 0. The largest absolute Gasteiger partial charge is 0.399 e. The van der Waals surface area contributed by atoms with Gasteiger partial charge in [0.25, 0.3) is 0 Å². The number of rotatable bonds is 1. The highest BCUT2D eigenvalue weighted by atomic mass is 32.1. The molecule has 0 spiro atoms. The van der Waals surface area contributed by atoms with E-state index in [1.165, 1.54) is 0 Å². The van der Waals surface area contributed by atoms with Crippen LogP contribution in [0.3, 0.4) is 0 Å². The van der Waals surface area contributed by atoms with Gasteiger partial charge in [0, 0.05) is 11.4 Å². The van der Waals surface area contributed by atoms with Crippen LogP contribution in [0.25, 0.3) is 0 Å². The van der Waals surface area contributed by atoms with Crippen molar-refractivity contribution in [3.8, 4) is 0 Å². The highest BCUT2D eigenvalue weighted by Gasteiger charge is 1.84. The van der Waals surface area contributed by atoms with Crippen LogP contribution in [-0.2, 0) is 0 Å². The van der Waals surface area contributed by atoms with Gasteiger partial charge in [-0.25, -0.2) is 0 Å². The Morgan fingerprint density at radius 1 is 1.22 bits per heavy atom. The van der Waals surface area contributed by atoms with Crippen LogP contribution in [0.15, 0.2) is 24.3 Å². The van der Waals surface area contributed by atoms with Crippen LogP contribution >= 0.6 is 12.8 Å². The Hall–Kier alpha value is -0.830. The minimum absolute atomic E-state index is 0.766. The summed E-state index contributed by atoms with van der Waals surface area (Å²) in [5.41, 5.74) is 7.15. The normalized spacial score (nSPS) is 9.00. The Labute approximate surface area is 59.6 Å². The summed E-state index contributed by atoms with van der Waals surface area (Å²) in [6.07, 6.45) is 0. The molecule has 1 rings (SSSR count). The number of thiol groups is 1. The van der Waals surface area contributed by atoms with Crippen LogP contribution in [-0.4, -0.2) is 0 Å². The maximum atomic E-state index is 5.43. The third kappa shape index (κ3) is 1.54. The minimum Gasteiger partial charge on any atom is -0.399 e. The van der Waals surface area contributed by atoms with Crippen LogP contribution in [0.2, 0.25) is 0 Å². The molecule has 0 amide bonds. The van der Waals surface area contributed by atoms with E-state index < -0.39 is 0 Å². The third-order valence-corrected chi connectivity index (χ3v) is 1.30. The Morgan fingerprint density at radius 3 is 2.22 bits per heavy atom. The van der Waals surface area contributed by atoms with Crippen LogP contribution in [0.5, 0.6) is 0 Å². The van der Waals surface area contributed by atoms with Crippen molar-refractivity contribution in [2.75, 3.05) is 10.5 Å². The summed E-state index contributed by atoms with van der Waals surface area (Å²) >= 11 is 3.85. The van der Waals surface area contributed by atoms with Gasteiger partial charge in [-0.15, -0.1) is 0 Å². The van der Waals surface area contributed by atoms with Crippen molar-refractivity contribution in [2.24, 2.45) is 0 Å². The summed E-state index contributed by atoms with van der Waals surface area (Å²) in [6, 6.07) is 7.36. The molecule has 0 aliphatic heterocycles. The van der Waals surface area contributed by atoms with Gasteiger partial charge in [-0.1, -0.05) is 12.8 Å². The molecule has 0 aromatic heterocycles. The lowest BCUT2D eigenvalue weighted by atomic mass is 10.3. The van der Waals surface area contributed by atoms with Crippen molar-refractivity contribution >= 4 is 24.2 Å². The van der Waals surface area contributed by atoms with Gasteiger partial charge >= 0.3 is 0 Å². The van der Waals surface area contributed by atoms with Gasteiger partial charge in [-0.3, -0.25) is 0 Å². The molecule has 3 heteroatoms. The smallest absolute Gasteiger partial charge is 0.0439 e. The van der Waals surface area contributed by atoms with Crippen molar-refractivity contribution in [1.29, 1.82) is 0 Å². The first-order chi connectivity index (χ1) is 4.33. The number of benzene rings is 1.